The van der Waals surface area contributed by atoms with Crippen molar-refractivity contribution in [2.24, 2.45) is 0 Å². The Morgan fingerprint density at radius 2 is 1.80 bits per heavy atom. The number of carbonyl (C=O) groups is 1. The summed E-state index contributed by atoms with van der Waals surface area (Å²) in [5.41, 5.74) is 0. The fraction of sp³-hybridized carbons (Fsp3) is 0.857. The number of rotatable bonds is 3. The van der Waals surface area contributed by atoms with Crippen LogP contribution < -0.4 is 5.32 Å². The van der Waals surface area contributed by atoms with Crippen molar-refractivity contribution < 1.29 is 4.79 Å². The van der Waals surface area contributed by atoms with Crippen LogP contribution in [0.4, 0.5) is 4.79 Å². The minimum atomic E-state index is 0.0347. The van der Waals surface area contributed by atoms with E-state index in [4.69, 9.17) is 0 Å². The Bertz CT molecular complexity index is 99.8. The van der Waals surface area contributed by atoms with Gasteiger partial charge in [-0.2, -0.15) is 0 Å². The molecule has 0 aromatic heterocycles. The molecule has 60 valence electrons. The highest BCUT2D eigenvalue weighted by molar-refractivity contribution is 5.73. The molecule has 2 amide bonds. The number of nitrogens with zero attached hydrogens (tertiary/aromatic N) is 1. The summed E-state index contributed by atoms with van der Waals surface area (Å²) in [7, 11) is 0. The van der Waals surface area contributed by atoms with E-state index in [9.17, 15) is 4.79 Å². The first kappa shape index (κ1) is 9.27. The molecule has 0 radical (unpaired) electrons. The van der Waals surface area contributed by atoms with Crippen LogP contribution >= 0.6 is 0 Å². The Morgan fingerprint density at radius 3 is 2.10 bits per heavy atom. The third-order valence-corrected chi connectivity index (χ3v) is 1.38. The second-order valence-corrected chi connectivity index (χ2v) is 2.01. The summed E-state index contributed by atoms with van der Waals surface area (Å²) in [5.74, 6) is 0. The highest BCUT2D eigenvalue weighted by atomic mass is 16.2. The van der Waals surface area contributed by atoms with E-state index in [-0.39, 0.29) is 6.03 Å². The van der Waals surface area contributed by atoms with Gasteiger partial charge >= 0.3 is 6.03 Å². The molecular weight excluding hydrogens is 128 g/mol. The molecule has 0 saturated carbocycles. The molecule has 1 N–H and O–H groups in total. The summed E-state index contributed by atoms with van der Waals surface area (Å²) in [6, 6.07) is 0.0347. The van der Waals surface area contributed by atoms with Gasteiger partial charge in [-0.1, -0.05) is 0 Å². The fourth-order valence-corrected chi connectivity index (χ4v) is 0.774. The van der Waals surface area contributed by atoms with Crippen LogP contribution in [0.5, 0.6) is 0 Å². The van der Waals surface area contributed by atoms with E-state index in [1.54, 1.807) is 4.90 Å². The second-order valence-electron chi connectivity index (χ2n) is 2.01. The molecule has 0 aliphatic rings. The second kappa shape index (κ2) is 5.09. The molecule has 0 aliphatic heterocycles. The normalized spacial score (nSPS) is 9.10. The Balaban J connectivity index is 3.65. The molecule has 3 heteroatoms. The highest BCUT2D eigenvalue weighted by Gasteiger charge is 2.05. The van der Waals surface area contributed by atoms with Crippen LogP contribution in [0.15, 0.2) is 0 Å². The van der Waals surface area contributed by atoms with Gasteiger partial charge in [0.1, 0.15) is 0 Å². The molecule has 3 nitrogen and oxygen atoms in total. The van der Waals surface area contributed by atoms with Gasteiger partial charge in [-0.15, -0.1) is 0 Å². The molecule has 0 rings (SSSR count). The van der Waals surface area contributed by atoms with Gasteiger partial charge in [0.2, 0.25) is 0 Å². The molecule has 0 unspecified atom stereocenters. The third-order valence-electron chi connectivity index (χ3n) is 1.38. The van der Waals surface area contributed by atoms with Crippen molar-refractivity contribution in [2.45, 2.75) is 20.8 Å². The van der Waals surface area contributed by atoms with Gasteiger partial charge in [0.05, 0.1) is 0 Å². The summed E-state index contributed by atoms with van der Waals surface area (Å²) in [4.78, 5) is 12.8. The van der Waals surface area contributed by atoms with E-state index in [1.165, 1.54) is 0 Å². The predicted molar refractivity (Wildman–Crippen MR) is 42.0 cm³/mol. The van der Waals surface area contributed by atoms with E-state index in [1.807, 2.05) is 20.8 Å². The van der Waals surface area contributed by atoms with Crippen LogP contribution in [0.3, 0.4) is 0 Å². The molecule has 0 bridgehead atoms. The number of amides is 2. The molecule has 0 spiro atoms. The molecule has 0 atom stereocenters. The number of hydrogen-bond acceptors (Lipinski definition) is 1. The Morgan fingerprint density at radius 1 is 1.30 bits per heavy atom. The standard InChI is InChI=1S/C7H16N2O/c1-4-8-7(10)9(5-2)6-3/h4-6H2,1-3H3,(H,8,10). The van der Waals surface area contributed by atoms with Crippen molar-refractivity contribution >= 4 is 6.03 Å². The van der Waals surface area contributed by atoms with Gasteiger partial charge in [0.15, 0.2) is 0 Å². The maximum Gasteiger partial charge on any atom is 0.317 e. The molecule has 0 aliphatic carbocycles. The molecule has 10 heavy (non-hydrogen) atoms. The monoisotopic (exact) mass is 144 g/mol. The lowest BCUT2D eigenvalue weighted by Crippen LogP contribution is -2.39. The maximum atomic E-state index is 11.0. The highest BCUT2D eigenvalue weighted by Crippen LogP contribution is 1.86. The van der Waals surface area contributed by atoms with Crippen molar-refractivity contribution in [2.75, 3.05) is 19.6 Å². The van der Waals surface area contributed by atoms with Crippen LogP contribution in [0, 0.1) is 0 Å². The van der Waals surface area contributed by atoms with Crippen molar-refractivity contribution in [1.29, 1.82) is 0 Å². The zero-order chi connectivity index (χ0) is 7.98. The molecule has 0 fully saturated rings. The number of nitrogens with one attached hydrogen (secondary N) is 1. The largest absolute Gasteiger partial charge is 0.338 e. The third kappa shape index (κ3) is 2.71. The summed E-state index contributed by atoms with van der Waals surface area (Å²) in [6.07, 6.45) is 0. The Hall–Kier alpha value is -0.730. The van der Waals surface area contributed by atoms with E-state index < -0.39 is 0 Å². The van der Waals surface area contributed by atoms with Crippen LogP contribution in [0.1, 0.15) is 20.8 Å². The van der Waals surface area contributed by atoms with Crippen LogP contribution in [0.2, 0.25) is 0 Å². The Kier molecular flexibility index (Phi) is 4.72. The molecule has 0 saturated heterocycles. The van der Waals surface area contributed by atoms with Crippen molar-refractivity contribution in [3.63, 3.8) is 0 Å². The molecule has 0 heterocycles. The first-order valence-corrected chi connectivity index (χ1v) is 3.79. The van der Waals surface area contributed by atoms with Gasteiger partial charge < -0.3 is 10.2 Å². The van der Waals surface area contributed by atoms with E-state index in [2.05, 4.69) is 5.32 Å². The van der Waals surface area contributed by atoms with Gasteiger partial charge in [0, 0.05) is 19.6 Å². The predicted octanol–water partition coefficient (Wildman–Crippen LogP) is 1.06. The quantitative estimate of drug-likeness (QED) is 0.631. The zero-order valence-electron chi connectivity index (χ0n) is 6.98. The average Bonchev–Trinajstić information content (AvgIpc) is 1.91. The minimum absolute atomic E-state index is 0.0347. The SMILES string of the molecule is CCNC(=O)N(CC)CC. The molecule has 0 aromatic rings. The van der Waals surface area contributed by atoms with Crippen molar-refractivity contribution in [1.82, 2.24) is 10.2 Å². The van der Waals surface area contributed by atoms with E-state index in [0.717, 1.165) is 13.1 Å². The van der Waals surface area contributed by atoms with Crippen molar-refractivity contribution in [3.8, 4) is 0 Å². The lowest BCUT2D eigenvalue weighted by Gasteiger charge is -2.18. The maximum absolute atomic E-state index is 11.0. The topological polar surface area (TPSA) is 32.3 Å². The summed E-state index contributed by atoms with van der Waals surface area (Å²) < 4.78 is 0. The molecular formula is C7H16N2O. The number of urea groups is 1. The summed E-state index contributed by atoms with van der Waals surface area (Å²) in [5, 5.41) is 2.73. The fourth-order valence-electron chi connectivity index (χ4n) is 0.774. The summed E-state index contributed by atoms with van der Waals surface area (Å²) in [6.45, 7) is 8.12. The minimum Gasteiger partial charge on any atom is -0.338 e. The van der Waals surface area contributed by atoms with Crippen LogP contribution in [-0.2, 0) is 0 Å². The lowest BCUT2D eigenvalue weighted by atomic mass is 10.5. The molecule has 0 aromatic carbocycles. The van der Waals surface area contributed by atoms with Crippen molar-refractivity contribution in [3.05, 3.63) is 0 Å². The number of carbonyl (C=O) groups excluding carboxylic acids is 1. The van der Waals surface area contributed by atoms with E-state index in [0.29, 0.717) is 6.54 Å². The van der Waals surface area contributed by atoms with Gasteiger partial charge in [-0.25, -0.2) is 4.79 Å². The lowest BCUT2D eigenvalue weighted by molar-refractivity contribution is 0.204. The first-order chi connectivity index (χ1) is 4.76. The van der Waals surface area contributed by atoms with Crippen LogP contribution in [0.25, 0.3) is 0 Å². The number of hydrogen-bond donors (Lipinski definition) is 1. The van der Waals surface area contributed by atoms with Gasteiger partial charge in [-0.05, 0) is 20.8 Å². The Labute approximate surface area is 62.4 Å². The van der Waals surface area contributed by atoms with E-state index >= 15 is 0 Å². The smallest absolute Gasteiger partial charge is 0.317 e. The first-order valence-electron chi connectivity index (χ1n) is 3.79. The van der Waals surface area contributed by atoms with Crippen LogP contribution in [-0.4, -0.2) is 30.6 Å². The summed E-state index contributed by atoms with van der Waals surface area (Å²) >= 11 is 0. The van der Waals surface area contributed by atoms with Gasteiger partial charge in [-0.3, -0.25) is 0 Å². The van der Waals surface area contributed by atoms with Gasteiger partial charge in [0.25, 0.3) is 0 Å². The average molecular weight is 144 g/mol. The zero-order valence-corrected chi connectivity index (χ0v) is 6.98.